The van der Waals surface area contributed by atoms with Crippen molar-refractivity contribution in [3.8, 4) is 11.1 Å². The van der Waals surface area contributed by atoms with Crippen LogP contribution in [0, 0.1) is 6.92 Å². The van der Waals surface area contributed by atoms with Gasteiger partial charge in [0.2, 0.25) is 0 Å². The number of rotatable bonds is 5. The minimum absolute atomic E-state index is 0.00463. The van der Waals surface area contributed by atoms with Crippen molar-refractivity contribution in [1.29, 1.82) is 0 Å². The zero-order chi connectivity index (χ0) is 24.0. The zero-order valence-corrected chi connectivity index (χ0v) is 22.3. The van der Waals surface area contributed by atoms with Crippen LogP contribution in [-0.2, 0) is 11.2 Å². The van der Waals surface area contributed by atoms with E-state index in [1.807, 2.05) is 12.1 Å². The number of pyridine rings is 1. The lowest BCUT2D eigenvalue weighted by atomic mass is 9.99. The van der Waals surface area contributed by atoms with Gasteiger partial charge in [-0.1, -0.05) is 32.4 Å². The molecular weight excluding hydrogens is 452 g/mol. The molecule has 3 aromatic rings. The van der Waals surface area contributed by atoms with E-state index < -0.39 is 10.0 Å². The molecule has 3 heterocycles. The van der Waals surface area contributed by atoms with Crippen LogP contribution in [-0.4, -0.2) is 44.4 Å². The van der Waals surface area contributed by atoms with E-state index in [9.17, 15) is 0 Å². The molecule has 0 bridgehead atoms. The van der Waals surface area contributed by atoms with Gasteiger partial charge < -0.3 is 10.5 Å². The molecule has 1 aliphatic rings. The van der Waals surface area contributed by atoms with E-state index in [0.29, 0.717) is 10.8 Å². The second kappa shape index (κ2) is 9.12. The highest BCUT2D eigenvalue weighted by atomic mass is 35.5. The van der Waals surface area contributed by atoms with E-state index in [1.54, 1.807) is 6.20 Å². The molecule has 1 fully saturated rings. The smallest absolute Gasteiger partial charge is 0.150 e. The lowest BCUT2D eigenvalue weighted by molar-refractivity contribution is -0.0407. The lowest BCUT2D eigenvalue weighted by Crippen LogP contribution is -2.26. The van der Waals surface area contributed by atoms with Crippen molar-refractivity contribution >= 4 is 38.2 Å². The number of halogens is 1. The summed E-state index contributed by atoms with van der Waals surface area (Å²) in [6.07, 6.45) is 10.8. The maximum absolute atomic E-state index is 6.71. The number of fused-ring (bicyclic) bond motifs is 1. The van der Waals surface area contributed by atoms with Crippen molar-refractivity contribution in [1.82, 2.24) is 14.8 Å². The van der Waals surface area contributed by atoms with Crippen LogP contribution in [0.25, 0.3) is 21.9 Å². The molecule has 0 aliphatic carbocycles. The Kier molecular flexibility index (Phi) is 6.74. The fourth-order valence-corrected chi connectivity index (χ4v) is 5.95. The molecule has 1 aromatic carbocycles. The van der Waals surface area contributed by atoms with E-state index in [0.717, 1.165) is 59.3 Å². The molecule has 0 saturated carbocycles. The van der Waals surface area contributed by atoms with Crippen molar-refractivity contribution in [2.24, 2.45) is 0 Å². The Morgan fingerprint density at radius 1 is 1.21 bits per heavy atom. The summed E-state index contributed by atoms with van der Waals surface area (Å²) in [5.41, 5.74) is 10.5. The highest BCUT2D eigenvalue weighted by Gasteiger charge is 2.30. The summed E-state index contributed by atoms with van der Waals surface area (Å²) in [6, 6.07) is 6.10. The number of nitrogens with zero attached hydrogens (tertiary/aromatic N) is 3. The Balaban J connectivity index is 1.82. The second-order valence-electron chi connectivity index (χ2n) is 10.6. The molecule has 2 N–H and O–H groups in total. The van der Waals surface area contributed by atoms with Crippen LogP contribution >= 0.6 is 21.6 Å². The summed E-state index contributed by atoms with van der Waals surface area (Å²) in [4.78, 5) is 4.21. The van der Waals surface area contributed by atoms with Gasteiger partial charge in [0.05, 0.1) is 10.7 Å². The van der Waals surface area contributed by atoms with Gasteiger partial charge in [-0.3, -0.25) is 0 Å². The molecule has 1 unspecified atom stereocenters. The molecule has 7 heteroatoms. The predicted octanol–water partition coefficient (Wildman–Crippen LogP) is 6.75. The summed E-state index contributed by atoms with van der Waals surface area (Å²) >= 11 is 6.71. The zero-order valence-electron chi connectivity index (χ0n) is 20.7. The molecule has 1 aliphatic heterocycles. The molecule has 33 heavy (non-hydrogen) atoms. The normalized spacial score (nSPS) is 18.1. The molecule has 5 nitrogen and oxygen atoms in total. The largest absolute Gasteiger partial charge is 0.384 e. The van der Waals surface area contributed by atoms with E-state index in [1.165, 1.54) is 12.0 Å². The second-order valence-corrected chi connectivity index (χ2v) is 15.7. The first-order chi connectivity index (χ1) is 15.5. The number of nitrogens with two attached hydrogens (primary N) is 1. The van der Waals surface area contributed by atoms with E-state index in [-0.39, 0.29) is 11.0 Å². The Labute approximate surface area is 204 Å². The average Bonchev–Trinajstić information content (AvgIpc) is 3.08. The molecule has 0 spiro atoms. The van der Waals surface area contributed by atoms with Gasteiger partial charge in [0.15, 0.2) is 0 Å². The maximum atomic E-state index is 6.71. The van der Waals surface area contributed by atoms with Crippen molar-refractivity contribution < 1.29 is 4.74 Å². The Morgan fingerprint density at radius 3 is 2.64 bits per heavy atom. The van der Waals surface area contributed by atoms with E-state index >= 15 is 0 Å². The van der Waals surface area contributed by atoms with Crippen LogP contribution < -0.4 is 5.73 Å². The number of hydrogen-bond acceptors (Lipinski definition) is 4. The molecule has 1 saturated heterocycles. The van der Waals surface area contributed by atoms with Crippen molar-refractivity contribution in [2.75, 3.05) is 30.6 Å². The monoisotopic (exact) mass is 488 g/mol. The molecule has 1 atom stereocenters. The van der Waals surface area contributed by atoms with E-state index in [4.69, 9.17) is 27.2 Å². The number of hydrogen-bond donors (Lipinski definition) is 1. The van der Waals surface area contributed by atoms with Crippen LogP contribution in [0.4, 0.5) is 5.82 Å². The van der Waals surface area contributed by atoms with Crippen LogP contribution in [0.5, 0.6) is 0 Å². The summed E-state index contributed by atoms with van der Waals surface area (Å²) in [5, 5.41) is 7.74. The molecule has 2 aromatic heterocycles. The summed E-state index contributed by atoms with van der Waals surface area (Å²) in [7, 11) is -0.803. The van der Waals surface area contributed by atoms with Gasteiger partial charge in [0.25, 0.3) is 0 Å². The first kappa shape index (κ1) is 24.4. The number of aryl methyl sites for hydroxylation is 1. The van der Waals surface area contributed by atoms with Gasteiger partial charge in [0, 0.05) is 29.4 Å². The molecular formula is C26H37ClN4OS. The fraction of sp³-hybridized carbons (Fsp3) is 0.538. The number of anilines is 1. The molecule has 180 valence electrons. The minimum Gasteiger partial charge on any atom is -0.384 e. The summed E-state index contributed by atoms with van der Waals surface area (Å²) in [5.74, 6) is 1.62. The third kappa shape index (κ3) is 4.89. The third-order valence-electron chi connectivity index (χ3n) is 7.25. The third-order valence-corrected chi connectivity index (χ3v) is 12.1. The summed E-state index contributed by atoms with van der Waals surface area (Å²) < 4.78 is 8.51. The molecule has 0 amide bonds. The first-order valence-electron chi connectivity index (χ1n) is 11.7. The van der Waals surface area contributed by atoms with E-state index in [2.05, 4.69) is 55.9 Å². The first-order valence-corrected chi connectivity index (χ1v) is 14.7. The number of benzene rings is 1. The highest BCUT2D eigenvalue weighted by Crippen LogP contribution is 2.53. The maximum Gasteiger partial charge on any atom is 0.150 e. The lowest BCUT2D eigenvalue weighted by Gasteiger charge is -2.44. The number of ether oxygens (including phenoxy) is 1. The quantitative estimate of drug-likeness (QED) is 0.431. The van der Waals surface area contributed by atoms with Gasteiger partial charge >= 0.3 is 0 Å². The average molecular weight is 489 g/mol. The summed E-state index contributed by atoms with van der Waals surface area (Å²) in [6.45, 7) is 10.0. The van der Waals surface area contributed by atoms with Crippen molar-refractivity contribution in [2.45, 2.75) is 64.4 Å². The van der Waals surface area contributed by atoms with Gasteiger partial charge in [-0.25, -0.2) is 19.7 Å². The van der Waals surface area contributed by atoms with Crippen LogP contribution in [0.15, 0.2) is 24.4 Å². The highest BCUT2D eigenvalue weighted by molar-refractivity contribution is 8.33. The fourth-order valence-electron chi connectivity index (χ4n) is 4.36. The van der Waals surface area contributed by atoms with Crippen LogP contribution in [0.2, 0.25) is 5.02 Å². The van der Waals surface area contributed by atoms with Gasteiger partial charge in [-0.05, 0) is 84.8 Å². The topological polar surface area (TPSA) is 66.0 Å². The SMILES string of the molecule is Cc1c(-c2cc(Cl)c3cnc(N)cc3c2)c(CCS(C)(C)C(C)(C)C)nn1C1CCCCO1. The van der Waals surface area contributed by atoms with Gasteiger partial charge in [-0.15, -0.1) is 0 Å². The number of aromatic nitrogens is 3. The number of nitrogen functional groups attached to an aromatic ring is 1. The molecule has 4 rings (SSSR count). The Bertz CT molecular complexity index is 1160. The van der Waals surface area contributed by atoms with Gasteiger partial charge in [0.1, 0.15) is 12.0 Å². The van der Waals surface area contributed by atoms with Crippen molar-refractivity contribution in [3.05, 3.63) is 40.8 Å². The predicted molar refractivity (Wildman–Crippen MR) is 144 cm³/mol. The van der Waals surface area contributed by atoms with Crippen LogP contribution in [0.3, 0.4) is 0 Å². The van der Waals surface area contributed by atoms with Crippen LogP contribution in [0.1, 0.15) is 57.6 Å². The Hall–Kier alpha value is -1.76. The van der Waals surface area contributed by atoms with Gasteiger partial charge in [-0.2, -0.15) is 5.10 Å². The molecule has 0 radical (unpaired) electrons. The van der Waals surface area contributed by atoms with Crippen molar-refractivity contribution in [3.63, 3.8) is 0 Å². The minimum atomic E-state index is -0.803. The Morgan fingerprint density at radius 2 is 1.97 bits per heavy atom. The standard InChI is InChI=1S/C26H37ClN4OS/c1-17-25(19-13-18-15-23(28)29-16-20(18)21(27)14-19)22(10-12-33(5,6)26(2,3)4)30-31(17)24-9-7-8-11-32-24/h13-16,24H,7-12H2,1-6H3,(H2,28,29).